The van der Waals surface area contributed by atoms with Gasteiger partial charge in [-0.2, -0.15) is 0 Å². The Kier molecular flexibility index (Phi) is 4.12. The van der Waals surface area contributed by atoms with E-state index in [2.05, 4.69) is 126 Å². The molecule has 0 saturated carbocycles. The minimum absolute atomic E-state index is 0.260. The molecule has 1 saturated heterocycles. The van der Waals surface area contributed by atoms with E-state index in [4.69, 9.17) is 0 Å². The summed E-state index contributed by atoms with van der Waals surface area (Å²) in [6.07, 6.45) is 1.11. The molecule has 0 unspecified atom stereocenters. The number of hydrogen-bond donors (Lipinski definition) is 0. The normalized spacial score (nSPS) is 23.9. The fraction of sp³-hybridized carbons (Fsp3) is 0.294. The molecule has 1 heteroatoms. The average molecular weight is 452 g/mol. The van der Waals surface area contributed by atoms with Gasteiger partial charge >= 0.3 is 0 Å². The third kappa shape index (κ3) is 2.40. The first-order valence-corrected chi connectivity index (χ1v) is 13.3. The van der Waals surface area contributed by atoms with Gasteiger partial charge in [0.05, 0.1) is 5.41 Å². The second-order valence-corrected chi connectivity index (χ2v) is 12.1. The molecule has 1 fully saturated rings. The average Bonchev–Trinajstić information content (AvgIpc) is 3.14. The van der Waals surface area contributed by atoms with Crippen LogP contribution in [0.3, 0.4) is 0 Å². The van der Waals surface area contributed by atoms with Crippen molar-refractivity contribution in [2.75, 3.05) is 0 Å². The molecule has 0 amide bonds. The van der Waals surface area contributed by atoms with Crippen molar-refractivity contribution in [3.63, 3.8) is 0 Å². The molecule has 0 bridgehead atoms. The highest BCUT2D eigenvalue weighted by Crippen LogP contribution is 2.73. The van der Waals surface area contributed by atoms with Crippen LogP contribution in [0.1, 0.15) is 80.3 Å². The van der Waals surface area contributed by atoms with Gasteiger partial charge in [0.15, 0.2) is 6.71 Å². The Labute approximate surface area is 210 Å². The number of hydrogen-bond acceptors (Lipinski definition) is 0. The van der Waals surface area contributed by atoms with Crippen molar-refractivity contribution >= 4 is 12.2 Å². The van der Waals surface area contributed by atoms with Gasteiger partial charge in [0.25, 0.3) is 0 Å². The van der Waals surface area contributed by atoms with Gasteiger partial charge in [0, 0.05) is 5.92 Å². The van der Waals surface area contributed by atoms with E-state index in [9.17, 15) is 0 Å². The first-order valence-electron chi connectivity index (χ1n) is 13.3. The third-order valence-electron chi connectivity index (χ3n) is 10.3. The van der Waals surface area contributed by atoms with Gasteiger partial charge in [0.2, 0.25) is 0 Å². The fourth-order valence-corrected chi connectivity index (χ4v) is 8.12. The van der Waals surface area contributed by atoms with Crippen LogP contribution >= 0.6 is 0 Å². The van der Waals surface area contributed by atoms with Gasteiger partial charge < -0.3 is 0 Å². The van der Waals surface area contributed by atoms with Crippen molar-refractivity contribution in [3.8, 4) is 11.1 Å². The van der Waals surface area contributed by atoms with Crippen LogP contribution in [-0.2, 0) is 5.41 Å². The van der Waals surface area contributed by atoms with E-state index in [0.29, 0.717) is 23.3 Å². The molecule has 1 spiro atoms. The lowest BCUT2D eigenvalue weighted by molar-refractivity contribution is 0.628. The summed E-state index contributed by atoms with van der Waals surface area (Å²) in [5, 5.41) is 0.630. The van der Waals surface area contributed by atoms with Crippen LogP contribution in [0.2, 0.25) is 10.6 Å². The van der Waals surface area contributed by atoms with Crippen LogP contribution in [0.5, 0.6) is 0 Å². The van der Waals surface area contributed by atoms with Crippen LogP contribution < -0.4 is 5.46 Å². The molecular formula is C34H33B. The Hall–Kier alpha value is -3.06. The van der Waals surface area contributed by atoms with Crippen molar-refractivity contribution in [2.24, 2.45) is 0 Å². The predicted octanol–water partition coefficient (Wildman–Crippen LogP) is 8.18. The zero-order chi connectivity index (χ0) is 24.2. The second kappa shape index (κ2) is 6.79. The van der Waals surface area contributed by atoms with E-state index in [1.165, 1.54) is 50.0 Å². The van der Waals surface area contributed by atoms with Crippen LogP contribution in [0, 0.1) is 0 Å². The Morgan fingerprint density at radius 2 is 1.11 bits per heavy atom. The molecule has 1 aliphatic heterocycles. The van der Waals surface area contributed by atoms with Crippen LogP contribution in [0.4, 0.5) is 0 Å². The lowest BCUT2D eigenvalue weighted by Gasteiger charge is -2.43. The quantitative estimate of drug-likeness (QED) is 0.237. The highest BCUT2D eigenvalue weighted by Gasteiger charge is 2.68. The van der Waals surface area contributed by atoms with Crippen LogP contribution in [-0.4, -0.2) is 6.71 Å². The highest BCUT2D eigenvalue weighted by molar-refractivity contribution is 6.89. The summed E-state index contributed by atoms with van der Waals surface area (Å²) in [5.41, 5.74) is 12.9. The van der Waals surface area contributed by atoms with Gasteiger partial charge in [-0.3, -0.25) is 0 Å². The maximum Gasteiger partial charge on any atom is 0.187 e. The molecule has 35 heavy (non-hydrogen) atoms. The minimum Gasteiger partial charge on any atom is -0.0786 e. The number of benzene rings is 4. The molecule has 2 aliphatic carbocycles. The largest absolute Gasteiger partial charge is 0.187 e. The zero-order valence-electron chi connectivity index (χ0n) is 21.5. The van der Waals surface area contributed by atoms with E-state index in [0.717, 1.165) is 6.42 Å². The standard InChI is InChI=1S/C34H33B/c1-6-23-24-13-7-10-16-28(24)34(29-17-11-8-14-25(23)29)30-18-12-9-15-26(30)27-20-19-22(21-31(27)34)35-32(2,3)33(35,4)5/h7-21,23H,6H2,1-5H3. The number of fused-ring (bicyclic) bond motifs is 9. The molecule has 0 radical (unpaired) electrons. The maximum absolute atomic E-state index is 2.59. The van der Waals surface area contributed by atoms with E-state index in [1.807, 2.05) is 0 Å². The number of rotatable bonds is 2. The molecule has 0 atom stereocenters. The fourth-order valence-electron chi connectivity index (χ4n) is 8.12. The molecule has 172 valence electrons. The van der Waals surface area contributed by atoms with Crippen molar-refractivity contribution in [1.29, 1.82) is 0 Å². The van der Waals surface area contributed by atoms with E-state index in [-0.39, 0.29) is 5.41 Å². The Balaban J connectivity index is 1.61. The van der Waals surface area contributed by atoms with Crippen LogP contribution in [0.15, 0.2) is 91.0 Å². The first-order chi connectivity index (χ1) is 16.8. The Morgan fingerprint density at radius 3 is 1.69 bits per heavy atom. The lowest BCUT2D eigenvalue weighted by Crippen LogP contribution is -2.36. The molecule has 3 aliphatic rings. The molecule has 4 aromatic rings. The third-order valence-corrected chi connectivity index (χ3v) is 10.3. The summed E-state index contributed by atoms with van der Waals surface area (Å²) < 4.78 is 0. The molecule has 4 aromatic carbocycles. The van der Waals surface area contributed by atoms with Gasteiger partial charge in [0.1, 0.15) is 0 Å². The summed E-state index contributed by atoms with van der Waals surface area (Å²) in [6, 6.07) is 35.2. The molecule has 0 N–H and O–H groups in total. The zero-order valence-corrected chi connectivity index (χ0v) is 21.5. The van der Waals surface area contributed by atoms with Crippen molar-refractivity contribution in [3.05, 3.63) is 124 Å². The molecule has 0 aromatic heterocycles. The van der Waals surface area contributed by atoms with Gasteiger partial charge in [-0.15, -0.1) is 0 Å². The minimum atomic E-state index is -0.260. The SMILES string of the molecule is CCC1c2ccccc2C2(c3ccccc3-c3ccc(B4C(C)(C)C4(C)C)cc32)c2ccccc21. The van der Waals surface area contributed by atoms with Gasteiger partial charge in [-0.1, -0.05) is 142 Å². The second-order valence-electron chi connectivity index (χ2n) is 12.1. The summed E-state index contributed by atoms with van der Waals surface area (Å²) in [7, 11) is 0. The van der Waals surface area contributed by atoms with Gasteiger partial charge in [-0.05, 0) is 50.9 Å². The molecular weight excluding hydrogens is 419 g/mol. The van der Waals surface area contributed by atoms with E-state index < -0.39 is 0 Å². The van der Waals surface area contributed by atoms with Gasteiger partial charge in [-0.25, -0.2) is 0 Å². The van der Waals surface area contributed by atoms with Crippen LogP contribution in [0.25, 0.3) is 11.1 Å². The summed E-state index contributed by atoms with van der Waals surface area (Å²) in [5.74, 6) is 0.439. The van der Waals surface area contributed by atoms with Crippen molar-refractivity contribution in [2.45, 2.75) is 63.0 Å². The Morgan fingerprint density at radius 1 is 0.600 bits per heavy atom. The molecule has 0 nitrogen and oxygen atoms in total. The topological polar surface area (TPSA) is 0 Å². The first kappa shape index (κ1) is 21.2. The van der Waals surface area contributed by atoms with Crippen molar-refractivity contribution in [1.82, 2.24) is 0 Å². The lowest BCUT2D eigenvalue weighted by atomic mass is 9.51. The van der Waals surface area contributed by atoms with Crippen molar-refractivity contribution < 1.29 is 0 Å². The predicted molar refractivity (Wildman–Crippen MR) is 149 cm³/mol. The summed E-state index contributed by atoms with van der Waals surface area (Å²) in [6.45, 7) is 12.7. The van der Waals surface area contributed by atoms with E-state index in [1.54, 1.807) is 0 Å². The van der Waals surface area contributed by atoms with E-state index >= 15 is 0 Å². The smallest absolute Gasteiger partial charge is 0.0786 e. The molecule has 1 heterocycles. The highest BCUT2D eigenvalue weighted by atomic mass is 14.5. The molecule has 7 rings (SSSR count). The monoisotopic (exact) mass is 452 g/mol. The summed E-state index contributed by atoms with van der Waals surface area (Å²) in [4.78, 5) is 0. The maximum atomic E-state index is 2.59. The summed E-state index contributed by atoms with van der Waals surface area (Å²) >= 11 is 0. The Bertz CT molecular complexity index is 1440.